The molecule has 0 spiro atoms. The minimum atomic E-state index is -3.15. The lowest BCUT2D eigenvalue weighted by Gasteiger charge is -2.30. The largest absolute Gasteiger partial charge is 0.383 e. The van der Waals surface area contributed by atoms with Crippen molar-refractivity contribution in [1.29, 1.82) is 0 Å². The van der Waals surface area contributed by atoms with Crippen LogP contribution in [0.25, 0.3) is 0 Å². The third kappa shape index (κ3) is 4.62. The van der Waals surface area contributed by atoms with Crippen LogP contribution in [-0.4, -0.2) is 62.3 Å². The predicted octanol–water partition coefficient (Wildman–Crippen LogP) is 0.982. The standard InChI is InChI=1S/C14H24N4O3S/c1-11-16-13(9-14(17-11)15-6-8-21-2)12-5-4-7-18(10-12)22(3,19)20/h9,12H,4-8,10H2,1-3H3,(H,15,16,17)/t12-/m1/s1. The molecule has 0 aliphatic carbocycles. The van der Waals surface area contributed by atoms with Crippen molar-refractivity contribution >= 4 is 15.8 Å². The van der Waals surface area contributed by atoms with Gasteiger partial charge in [-0.05, 0) is 19.8 Å². The van der Waals surface area contributed by atoms with E-state index in [4.69, 9.17) is 4.74 Å². The maximum absolute atomic E-state index is 11.7. The first kappa shape index (κ1) is 17.1. The Morgan fingerprint density at radius 3 is 2.91 bits per heavy atom. The van der Waals surface area contributed by atoms with E-state index in [-0.39, 0.29) is 5.92 Å². The first-order valence-electron chi connectivity index (χ1n) is 7.43. The number of sulfonamides is 1. The highest BCUT2D eigenvalue weighted by Gasteiger charge is 2.28. The molecule has 2 rings (SSSR count). The number of hydrogen-bond donors (Lipinski definition) is 1. The maximum atomic E-state index is 11.7. The molecule has 0 saturated carbocycles. The molecule has 0 radical (unpaired) electrons. The molecule has 0 aromatic carbocycles. The van der Waals surface area contributed by atoms with Gasteiger partial charge in [0.15, 0.2) is 0 Å². The van der Waals surface area contributed by atoms with Gasteiger partial charge in [0.1, 0.15) is 11.6 Å². The summed E-state index contributed by atoms with van der Waals surface area (Å²) in [6, 6.07) is 1.92. The van der Waals surface area contributed by atoms with Gasteiger partial charge in [-0.2, -0.15) is 0 Å². The van der Waals surface area contributed by atoms with Crippen molar-refractivity contribution in [3.63, 3.8) is 0 Å². The van der Waals surface area contributed by atoms with Crippen molar-refractivity contribution in [1.82, 2.24) is 14.3 Å². The fourth-order valence-electron chi connectivity index (χ4n) is 2.66. The zero-order valence-electron chi connectivity index (χ0n) is 13.4. The summed E-state index contributed by atoms with van der Waals surface area (Å²) in [5, 5.41) is 3.20. The summed E-state index contributed by atoms with van der Waals surface area (Å²) < 4.78 is 30.0. The Balaban J connectivity index is 2.13. The highest BCUT2D eigenvalue weighted by Crippen LogP contribution is 2.28. The highest BCUT2D eigenvalue weighted by atomic mass is 32.2. The van der Waals surface area contributed by atoms with Crippen LogP contribution < -0.4 is 5.32 Å². The average molecular weight is 328 g/mol. The van der Waals surface area contributed by atoms with Crippen molar-refractivity contribution in [2.75, 3.05) is 44.9 Å². The number of methoxy groups -OCH3 is 1. The van der Waals surface area contributed by atoms with Crippen LogP contribution in [0.2, 0.25) is 0 Å². The molecule has 1 aliphatic heterocycles. The summed E-state index contributed by atoms with van der Waals surface area (Å²) in [5.41, 5.74) is 0.903. The number of rotatable bonds is 6. The Labute approximate surface area is 132 Å². The van der Waals surface area contributed by atoms with Gasteiger partial charge in [-0.15, -0.1) is 0 Å². The molecule has 0 amide bonds. The minimum Gasteiger partial charge on any atom is -0.383 e. The molecule has 0 bridgehead atoms. The lowest BCUT2D eigenvalue weighted by Crippen LogP contribution is -2.38. The van der Waals surface area contributed by atoms with Crippen LogP contribution in [0.4, 0.5) is 5.82 Å². The van der Waals surface area contributed by atoms with Crippen molar-refractivity contribution in [3.05, 3.63) is 17.6 Å². The molecule has 1 N–H and O–H groups in total. The van der Waals surface area contributed by atoms with Gasteiger partial charge in [0.2, 0.25) is 10.0 Å². The number of hydrogen-bond acceptors (Lipinski definition) is 6. The first-order valence-corrected chi connectivity index (χ1v) is 9.28. The first-order chi connectivity index (χ1) is 10.4. The van der Waals surface area contributed by atoms with Crippen LogP contribution in [0.15, 0.2) is 6.07 Å². The summed E-state index contributed by atoms with van der Waals surface area (Å²) in [7, 11) is -1.49. The number of aryl methyl sites for hydroxylation is 1. The van der Waals surface area contributed by atoms with E-state index in [9.17, 15) is 8.42 Å². The van der Waals surface area contributed by atoms with E-state index in [1.165, 1.54) is 10.6 Å². The second kappa shape index (κ2) is 7.34. The molecule has 8 heteroatoms. The SMILES string of the molecule is COCCNc1cc([C@@H]2CCCN(S(C)(=O)=O)C2)nc(C)n1. The molecular formula is C14H24N4O3S. The minimum absolute atomic E-state index is 0.119. The molecule has 1 saturated heterocycles. The quantitative estimate of drug-likeness (QED) is 0.784. The molecule has 124 valence electrons. The molecule has 7 nitrogen and oxygen atoms in total. The van der Waals surface area contributed by atoms with E-state index in [0.29, 0.717) is 32.1 Å². The maximum Gasteiger partial charge on any atom is 0.211 e. The molecule has 2 heterocycles. The number of anilines is 1. The van der Waals surface area contributed by atoms with Gasteiger partial charge in [0.25, 0.3) is 0 Å². The topological polar surface area (TPSA) is 84.4 Å². The molecular weight excluding hydrogens is 304 g/mol. The van der Waals surface area contributed by atoms with Gasteiger partial charge in [0.05, 0.1) is 18.6 Å². The number of nitrogens with one attached hydrogen (secondary N) is 1. The van der Waals surface area contributed by atoms with Gasteiger partial charge < -0.3 is 10.1 Å². The average Bonchev–Trinajstić information content (AvgIpc) is 2.46. The van der Waals surface area contributed by atoms with Crippen molar-refractivity contribution in [2.24, 2.45) is 0 Å². The van der Waals surface area contributed by atoms with Gasteiger partial charge in [-0.25, -0.2) is 22.7 Å². The second-order valence-corrected chi connectivity index (χ2v) is 7.59. The zero-order valence-corrected chi connectivity index (χ0v) is 14.2. The number of aromatic nitrogens is 2. The summed E-state index contributed by atoms with van der Waals surface area (Å²) in [4.78, 5) is 8.86. The fraction of sp³-hybridized carbons (Fsp3) is 0.714. The number of ether oxygens (including phenoxy) is 1. The molecule has 22 heavy (non-hydrogen) atoms. The number of nitrogens with zero attached hydrogens (tertiary/aromatic N) is 3. The molecule has 1 fully saturated rings. The van der Waals surface area contributed by atoms with Crippen molar-refractivity contribution in [3.8, 4) is 0 Å². The van der Waals surface area contributed by atoms with E-state index < -0.39 is 10.0 Å². The third-order valence-electron chi connectivity index (χ3n) is 3.74. The van der Waals surface area contributed by atoms with E-state index in [1.807, 2.05) is 13.0 Å². The monoisotopic (exact) mass is 328 g/mol. The Hall–Kier alpha value is -1.25. The predicted molar refractivity (Wildman–Crippen MR) is 85.5 cm³/mol. The molecule has 1 aliphatic rings. The highest BCUT2D eigenvalue weighted by molar-refractivity contribution is 7.88. The molecule has 0 unspecified atom stereocenters. The summed E-state index contributed by atoms with van der Waals surface area (Å²) in [6.07, 6.45) is 3.06. The van der Waals surface area contributed by atoms with E-state index in [2.05, 4.69) is 15.3 Å². The molecule has 1 aromatic heterocycles. The van der Waals surface area contributed by atoms with Crippen LogP contribution in [0.5, 0.6) is 0 Å². The normalized spacial score (nSPS) is 20.0. The lowest BCUT2D eigenvalue weighted by atomic mass is 9.96. The molecule has 1 atom stereocenters. The Bertz CT molecular complexity index is 606. The van der Waals surface area contributed by atoms with Crippen molar-refractivity contribution < 1.29 is 13.2 Å². The summed E-state index contributed by atoms with van der Waals surface area (Å²) >= 11 is 0. The van der Waals surface area contributed by atoms with Crippen LogP contribution in [0.3, 0.4) is 0 Å². The van der Waals surface area contributed by atoms with Crippen LogP contribution in [-0.2, 0) is 14.8 Å². The Kier molecular flexibility index (Phi) is 5.71. The van der Waals surface area contributed by atoms with E-state index in [0.717, 1.165) is 24.4 Å². The zero-order chi connectivity index (χ0) is 16.2. The van der Waals surface area contributed by atoms with Gasteiger partial charge in [0, 0.05) is 38.7 Å². The smallest absolute Gasteiger partial charge is 0.211 e. The van der Waals surface area contributed by atoms with Crippen LogP contribution >= 0.6 is 0 Å². The van der Waals surface area contributed by atoms with E-state index in [1.54, 1.807) is 7.11 Å². The van der Waals surface area contributed by atoms with E-state index >= 15 is 0 Å². The Morgan fingerprint density at radius 1 is 1.45 bits per heavy atom. The fourth-order valence-corrected chi connectivity index (χ4v) is 3.57. The third-order valence-corrected chi connectivity index (χ3v) is 5.01. The van der Waals surface area contributed by atoms with Gasteiger partial charge in [-0.1, -0.05) is 0 Å². The van der Waals surface area contributed by atoms with Crippen molar-refractivity contribution in [2.45, 2.75) is 25.7 Å². The van der Waals surface area contributed by atoms with Crippen LogP contribution in [0.1, 0.15) is 30.3 Å². The van der Waals surface area contributed by atoms with Gasteiger partial charge >= 0.3 is 0 Å². The lowest BCUT2D eigenvalue weighted by molar-refractivity contribution is 0.210. The Morgan fingerprint density at radius 2 is 2.23 bits per heavy atom. The van der Waals surface area contributed by atoms with Gasteiger partial charge in [-0.3, -0.25) is 0 Å². The van der Waals surface area contributed by atoms with Crippen LogP contribution in [0, 0.1) is 6.92 Å². The number of piperidine rings is 1. The second-order valence-electron chi connectivity index (χ2n) is 5.60. The molecule has 1 aromatic rings. The summed E-state index contributed by atoms with van der Waals surface area (Å²) in [6.45, 7) is 4.21. The summed E-state index contributed by atoms with van der Waals surface area (Å²) in [5.74, 6) is 1.57.